The van der Waals surface area contributed by atoms with E-state index in [1.165, 1.54) is 0 Å². The Hall–Kier alpha value is -2.28. The fourth-order valence-corrected chi connectivity index (χ4v) is 2.79. The van der Waals surface area contributed by atoms with Gasteiger partial charge in [0.05, 0.1) is 21.3 Å². The standard InChI is InChI=1S/C19H29N3O4/c1-5-22(11-14-6-9-16(25-3)17(10-14)26-4)19(24)13-21(2)12-18(23)20-15-7-8-15/h6,9-10,15H,5,7-8,11-13H2,1-4H3,(H,20,23)/p+1. The summed E-state index contributed by atoms with van der Waals surface area (Å²) in [6.45, 7) is 3.66. The molecule has 0 heterocycles. The summed E-state index contributed by atoms with van der Waals surface area (Å²) in [5, 5.41) is 2.95. The maximum Gasteiger partial charge on any atom is 0.278 e. The molecule has 1 aromatic rings. The molecular formula is C19H30N3O4+. The van der Waals surface area contributed by atoms with Gasteiger partial charge >= 0.3 is 0 Å². The van der Waals surface area contributed by atoms with Gasteiger partial charge in [-0.15, -0.1) is 0 Å². The van der Waals surface area contributed by atoms with E-state index < -0.39 is 0 Å². The van der Waals surface area contributed by atoms with Crippen LogP contribution in [0.25, 0.3) is 0 Å². The molecule has 0 saturated heterocycles. The van der Waals surface area contributed by atoms with Gasteiger partial charge in [-0.05, 0) is 37.5 Å². The van der Waals surface area contributed by atoms with Gasteiger partial charge in [-0.25, -0.2) is 0 Å². The molecule has 1 aliphatic rings. The summed E-state index contributed by atoms with van der Waals surface area (Å²) in [5.74, 6) is 1.35. The highest BCUT2D eigenvalue weighted by atomic mass is 16.5. The first-order valence-corrected chi connectivity index (χ1v) is 9.06. The van der Waals surface area contributed by atoms with Gasteiger partial charge < -0.3 is 24.6 Å². The normalized spacial score (nSPS) is 14.5. The molecule has 1 saturated carbocycles. The van der Waals surface area contributed by atoms with E-state index in [0.29, 0.717) is 43.7 Å². The van der Waals surface area contributed by atoms with Crippen molar-refractivity contribution >= 4 is 11.8 Å². The van der Waals surface area contributed by atoms with E-state index >= 15 is 0 Å². The van der Waals surface area contributed by atoms with Crippen molar-refractivity contribution in [2.24, 2.45) is 0 Å². The van der Waals surface area contributed by atoms with Gasteiger partial charge in [0.2, 0.25) is 0 Å². The minimum atomic E-state index is 0.0146. The number of amides is 2. The van der Waals surface area contributed by atoms with Crippen molar-refractivity contribution in [3.8, 4) is 11.5 Å². The second-order valence-electron chi connectivity index (χ2n) is 6.75. The molecule has 1 aromatic carbocycles. The van der Waals surface area contributed by atoms with Gasteiger partial charge in [-0.3, -0.25) is 9.59 Å². The van der Waals surface area contributed by atoms with Crippen molar-refractivity contribution in [3.63, 3.8) is 0 Å². The van der Waals surface area contributed by atoms with E-state index in [1.807, 2.05) is 32.2 Å². The van der Waals surface area contributed by atoms with Crippen LogP contribution >= 0.6 is 0 Å². The number of nitrogens with zero attached hydrogens (tertiary/aromatic N) is 1. The molecule has 0 spiro atoms. The molecule has 144 valence electrons. The molecule has 7 heteroatoms. The Morgan fingerprint density at radius 3 is 2.46 bits per heavy atom. The number of hydrogen-bond acceptors (Lipinski definition) is 4. The molecule has 1 fully saturated rings. The van der Waals surface area contributed by atoms with Gasteiger partial charge in [0, 0.05) is 19.1 Å². The molecule has 26 heavy (non-hydrogen) atoms. The summed E-state index contributed by atoms with van der Waals surface area (Å²) in [4.78, 5) is 27.1. The molecule has 0 bridgehead atoms. The van der Waals surface area contributed by atoms with Crippen LogP contribution in [0.5, 0.6) is 11.5 Å². The first-order chi connectivity index (χ1) is 12.5. The summed E-state index contributed by atoms with van der Waals surface area (Å²) in [6.07, 6.45) is 2.14. The zero-order valence-electron chi connectivity index (χ0n) is 16.1. The largest absolute Gasteiger partial charge is 0.493 e. The van der Waals surface area contributed by atoms with Crippen LogP contribution in [0, 0.1) is 0 Å². The van der Waals surface area contributed by atoms with Crippen LogP contribution in [-0.4, -0.2) is 63.7 Å². The predicted molar refractivity (Wildman–Crippen MR) is 98.4 cm³/mol. The zero-order chi connectivity index (χ0) is 19.1. The number of carbonyl (C=O) groups excluding carboxylic acids is 2. The number of likely N-dealkylation sites (N-methyl/N-ethyl adjacent to an activating group) is 2. The van der Waals surface area contributed by atoms with Gasteiger partial charge in [0.25, 0.3) is 11.8 Å². The van der Waals surface area contributed by atoms with Crippen molar-refractivity contribution < 1.29 is 24.0 Å². The smallest absolute Gasteiger partial charge is 0.278 e. The number of quaternary nitrogens is 1. The highest BCUT2D eigenvalue weighted by molar-refractivity contribution is 5.79. The Kier molecular flexibility index (Phi) is 7.26. The van der Waals surface area contributed by atoms with E-state index in [4.69, 9.17) is 9.47 Å². The summed E-state index contributed by atoms with van der Waals surface area (Å²) in [5.41, 5.74) is 0.974. The van der Waals surface area contributed by atoms with Crippen LogP contribution < -0.4 is 19.7 Å². The first-order valence-electron chi connectivity index (χ1n) is 9.06. The number of benzene rings is 1. The SMILES string of the molecule is CCN(Cc1ccc(OC)c(OC)c1)C(=O)C[NH+](C)CC(=O)NC1CC1. The number of nitrogens with one attached hydrogen (secondary N) is 2. The fourth-order valence-electron chi connectivity index (χ4n) is 2.79. The lowest BCUT2D eigenvalue weighted by molar-refractivity contribution is -0.863. The van der Waals surface area contributed by atoms with Crippen molar-refractivity contribution in [1.82, 2.24) is 10.2 Å². The van der Waals surface area contributed by atoms with Crippen LogP contribution in [0.15, 0.2) is 18.2 Å². The third-order valence-electron chi connectivity index (χ3n) is 4.41. The lowest BCUT2D eigenvalue weighted by Gasteiger charge is -2.23. The average molecular weight is 364 g/mol. The molecule has 2 amide bonds. The Bertz CT molecular complexity index is 631. The third-order valence-corrected chi connectivity index (χ3v) is 4.41. The van der Waals surface area contributed by atoms with Gasteiger partial charge in [-0.1, -0.05) is 6.07 Å². The van der Waals surface area contributed by atoms with E-state index in [2.05, 4.69) is 5.32 Å². The average Bonchev–Trinajstić information content (AvgIpc) is 3.42. The Labute approximate surface area is 155 Å². The van der Waals surface area contributed by atoms with Crippen molar-refractivity contribution in [2.75, 3.05) is 40.9 Å². The van der Waals surface area contributed by atoms with Gasteiger partial charge in [0.1, 0.15) is 0 Å². The predicted octanol–water partition coefficient (Wildman–Crippen LogP) is -0.154. The molecule has 0 aliphatic heterocycles. The summed E-state index contributed by atoms with van der Waals surface area (Å²) in [7, 11) is 5.06. The molecule has 1 unspecified atom stereocenters. The van der Waals surface area contributed by atoms with Crippen LogP contribution in [0.2, 0.25) is 0 Å². The second kappa shape index (κ2) is 9.43. The van der Waals surface area contributed by atoms with Crippen molar-refractivity contribution in [3.05, 3.63) is 23.8 Å². The Morgan fingerprint density at radius 1 is 1.19 bits per heavy atom. The number of carbonyl (C=O) groups is 2. The molecular weight excluding hydrogens is 334 g/mol. The maximum atomic E-state index is 12.6. The topological polar surface area (TPSA) is 72.3 Å². The molecule has 2 rings (SSSR count). The monoisotopic (exact) mass is 364 g/mol. The summed E-state index contributed by atoms with van der Waals surface area (Å²) in [6, 6.07) is 6.00. The molecule has 0 aromatic heterocycles. The number of methoxy groups -OCH3 is 2. The van der Waals surface area contributed by atoms with Gasteiger partial charge in [-0.2, -0.15) is 0 Å². The third kappa shape index (κ3) is 5.91. The Morgan fingerprint density at radius 2 is 1.88 bits per heavy atom. The van der Waals surface area contributed by atoms with E-state index in [0.717, 1.165) is 23.3 Å². The lowest BCUT2D eigenvalue weighted by Crippen LogP contribution is -3.11. The first kappa shape index (κ1) is 20.0. The highest BCUT2D eigenvalue weighted by Gasteiger charge is 2.25. The molecule has 0 radical (unpaired) electrons. The highest BCUT2D eigenvalue weighted by Crippen LogP contribution is 2.28. The number of hydrogen-bond donors (Lipinski definition) is 2. The van der Waals surface area contributed by atoms with Crippen molar-refractivity contribution in [1.29, 1.82) is 0 Å². The van der Waals surface area contributed by atoms with Crippen LogP contribution in [-0.2, 0) is 16.1 Å². The van der Waals surface area contributed by atoms with Gasteiger partial charge in [0.15, 0.2) is 24.6 Å². The second-order valence-corrected chi connectivity index (χ2v) is 6.75. The molecule has 1 aliphatic carbocycles. The van der Waals surface area contributed by atoms with Crippen LogP contribution in [0.4, 0.5) is 0 Å². The van der Waals surface area contributed by atoms with Crippen LogP contribution in [0.3, 0.4) is 0 Å². The maximum absolute atomic E-state index is 12.6. The minimum Gasteiger partial charge on any atom is -0.493 e. The molecule has 1 atom stereocenters. The Balaban J connectivity index is 1.89. The fraction of sp³-hybridized carbons (Fsp3) is 0.579. The molecule has 7 nitrogen and oxygen atoms in total. The van der Waals surface area contributed by atoms with E-state index in [1.54, 1.807) is 19.1 Å². The van der Waals surface area contributed by atoms with Crippen LogP contribution in [0.1, 0.15) is 25.3 Å². The number of rotatable bonds is 10. The summed E-state index contributed by atoms with van der Waals surface area (Å²) < 4.78 is 10.6. The van der Waals surface area contributed by atoms with E-state index in [-0.39, 0.29) is 11.8 Å². The zero-order valence-corrected chi connectivity index (χ0v) is 16.1. The quantitative estimate of drug-likeness (QED) is 0.606. The number of ether oxygens (including phenoxy) is 2. The minimum absolute atomic E-state index is 0.0146. The van der Waals surface area contributed by atoms with E-state index in [9.17, 15) is 9.59 Å². The lowest BCUT2D eigenvalue weighted by atomic mass is 10.2. The molecule has 2 N–H and O–H groups in total. The van der Waals surface area contributed by atoms with Crippen molar-refractivity contribution in [2.45, 2.75) is 32.4 Å². The summed E-state index contributed by atoms with van der Waals surface area (Å²) >= 11 is 0.